The predicted octanol–water partition coefficient (Wildman–Crippen LogP) is 3.35. The lowest BCUT2D eigenvalue weighted by molar-refractivity contribution is -0.649. The van der Waals surface area contributed by atoms with Crippen LogP contribution < -0.4 is 14.4 Å². The highest BCUT2D eigenvalue weighted by Crippen LogP contribution is 2.48. The topological polar surface area (TPSA) is 156 Å². The molecule has 37 heavy (non-hydrogen) atoms. The fourth-order valence-corrected chi connectivity index (χ4v) is 7.46. The second-order valence-corrected chi connectivity index (χ2v) is 13.6. The van der Waals surface area contributed by atoms with Crippen molar-refractivity contribution in [2.24, 2.45) is 0 Å². The maximum absolute atomic E-state index is 11.9. The zero-order valence-electron chi connectivity index (χ0n) is 19.3. The summed E-state index contributed by atoms with van der Waals surface area (Å²) < 4.78 is 68.5. The lowest BCUT2D eigenvalue weighted by Crippen LogP contribution is -2.40. The van der Waals surface area contributed by atoms with Crippen molar-refractivity contribution in [1.82, 2.24) is 0 Å². The molecule has 1 atom stereocenters. The Kier molecular flexibility index (Phi) is 7.51. The summed E-state index contributed by atoms with van der Waals surface area (Å²) in [6.45, 7) is 1.51. The highest BCUT2D eigenvalue weighted by Gasteiger charge is 2.32. The van der Waals surface area contributed by atoms with Gasteiger partial charge in [0, 0.05) is 28.7 Å². The molecule has 2 aromatic carbocycles. The number of carboxylic acids is 1. The summed E-state index contributed by atoms with van der Waals surface area (Å²) in [5.41, 5.74) is 1.38. The van der Waals surface area contributed by atoms with Crippen LogP contribution in [0.4, 0.5) is 11.4 Å². The van der Waals surface area contributed by atoms with E-state index in [1.54, 1.807) is 49.5 Å². The Morgan fingerprint density at radius 1 is 1.16 bits per heavy atom. The Labute approximate surface area is 226 Å². The van der Waals surface area contributed by atoms with Crippen molar-refractivity contribution >= 4 is 88.6 Å². The maximum Gasteiger partial charge on any atom is 0.326 e. The van der Waals surface area contributed by atoms with Gasteiger partial charge in [0.05, 0.1) is 16.8 Å². The smallest absolute Gasteiger partial charge is 0.326 e. The van der Waals surface area contributed by atoms with Gasteiger partial charge in [-0.25, -0.2) is 4.79 Å². The molecule has 3 aromatic rings. The summed E-state index contributed by atoms with van der Waals surface area (Å²) in [6, 6.07) is 9.04. The standard InChI is InChI=1S/C21H20ClN3O8S4/c1-12(21(26)27)23(2)14-4-6-18-16(8-14)25(11-37(31,32)33)20(35-18)9-19-24(10-36(28,29)30)15-7-13(22)3-5-17(15)34-19/h3-9,12H,10-11H2,1-2H3,(H2-,26,27,28,29,30,31,32,33)/p+1. The van der Waals surface area contributed by atoms with Gasteiger partial charge in [-0.15, -0.1) is 0 Å². The highest BCUT2D eigenvalue weighted by molar-refractivity contribution is 8.04. The molecule has 0 aliphatic carbocycles. The number of thioether (sulfide) groups is 1. The number of carbonyl (C=O) groups is 1. The van der Waals surface area contributed by atoms with Crippen LogP contribution in [0.3, 0.4) is 0 Å². The Morgan fingerprint density at radius 3 is 2.49 bits per heavy atom. The van der Waals surface area contributed by atoms with Gasteiger partial charge in [-0.05, 0) is 37.3 Å². The number of fused-ring (bicyclic) bond motifs is 2. The third-order valence-electron chi connectivity index (χ3n) is 5.58. The first kappa shape index (κ1) is 27.6. The monoisotopic (exact) mass is 606 g/mol. The van der Waals surface area contributed by atoms with Crippen molar-refractivity contribution < 1.29 is 40.4 Å². The zero-order chi connectivity index (χ0) is 27.3. The van der Waals surface area contributed by atoms with Gasteiger partial charge in [0.1, 0.15) is 10.7 Å². The van der Waals surface area contributed by atoms with Gasteiger partial charge < -0.3 is 14.9 Å². The highest BCUT2D eigenvalue weighted by atomic mass is 35.5. The fraction of sp³-hybridized carbons (Fsp3) is 0.238. The van der Waals surface area contributed by atoms with Crippen LogP contribution in [-0.2, 0) is 30.9 Å². The molecule has 1 aliphatic heterocycles. The molecule has 2 heterocycles. The minimum Gasteiger partial charge on any atom is -0.480 e. The average molecular weight is 607 g/mol. The molecule has 11 nitrogen and oxygen atoms in total. The molecule has 0 spiro atoms. The number of benzene rings is 2. The summed E-state index contributed by atoms with van der Waals surface area (Å²) >= 11 is 8.48. The molecule has 1 aromatic heterocycles. The minimum atomic E-state index is -4.50. The molecule has 0 fully saturated rings. The minimum absolute atomic E-state index is 0.358. The largest absolute Gasteiger partial charge is 0.480 e. The van der Waals surface area contributed by atoms with E-state index in [0.29, 0.717) is 41.5 Å². The third kappa shape index (κ3) is 6.19. The summed E-state index contributed by atoms with van der Waals surface area (Å²) in [5.74, 6) is -2.60. The van der Waals surface area contributed by atoms with Crippen LogP contribution in [0.2, 0.25) is 5.02 Å². The molecule has 0 saturated carbocycles. The Morgan fingerprint density at radius 2 is 1.86 bits per heavy atom. The van der Waals surface area contributed by atoms with E-state index in [1.807, 2.05) is 0 Å². The van der Waals surface area contributed by atoms with Gasteiger partial charge in [0.25, 0.3) is 21.0 Å². The maximum atomic E-state index is 11.9. The van der Waals surface area contributed by atoms with Crippen molar-refractivity contribution in [1.29, 1.82) is 0 Å². The second kappa shape index (κ2) is 10.1. The molecule has 16 heteroatoms. The van der Waals surface area contributed by atoms with Crippen molar-refractivity contribution in [3.8, 4) is 0 Å². The molecule has 198 valence electrons. The summed E-state index contributed by atoms with van der Waals surface area (Å²) in [4.78, 5) is 15.0. The van der Waals surface area contributed by atoms with Crippen LogP contribution in [0.25, 0.3) is 16.3 Å². The Balaban J connectivity index is 1.88. The summed E-state index contributed by atoms with van der Waals surface area (Å²) in [5, 5.41) is 10.5. The van der Waals surface area contributed by atoms with Gasteiger partial charge in [0.15, 0.2) is 5.88 Å². The Bertz CT molecular complexity index is 1650. The lowest BCUT2D eigenvalue weighted by Gasteiger charge is -2.23. The molecule has 1 unspecified atom stereocenters. The van der Waals surface area contributed by atoms with Crippen LogP contribution in [-0.4, -0.2) is 56.0 Å². The number of rotatable bonds is 8. The predicted molar refractivity (Wildman–Crippen MR) is 143 cm³/mol. The van der Waals surface area contributed by atoms with Gasteiger partial charge in [-0.1, -0.05) is 34.7 Å². The number of likely N-dealkylation sites (N-methyl/N-ethyl adjacent to an activating group) is 1. The van der Waals surface area contributed by atoms with Crippen LogP contribution in [0, 0.1) is 0 Å². The number of aliphatic carboxylic acids is 1. The van der Waals surface area contributed by atoms with Gasteiger partial charge in [-0.2, -0.15) is 21.4 Å². The van der Waals surface area contributed by atoms with Gasteiger partial charge in [-0.3, -0.25) is 9.11 Å². The van der Waals surface area contributed by atoms with E-state index in [4.69, 9.17) is 11.6 Å². The van der Waals surface area contributed by atoms with Crippen LogP contribution in [0.1, 0.15) is 11.9 Å². The number of hydrogen-bond donors (Lipinski definition) is 3. The molecule has 1 aliphatic rings. The molecular formula is C21H21ClN3O8S4+. The van der Waals surface area contributed by atoms with E-state index < -0.39 is 44.0 Å². The molecule has 0 radical (unpaired) electrons. The van der Waals surface area contributed by atoms with E-state index in [-0.39, 0.29) is 0 Å². The molecule has 0 bridgehead atoms. The van der Waals surface area contributed by atoms with E-state index in [0.717, 1.165) is 0 Å². The molecular weight excluding hydrogens is 586 g/mol. The third-order valence-corrected chi connectivity index (χ3v) is 9.21. The molecule has 3 N–H and O–H groups in total. The number of carboxylic acid groups (broad SMARTS) is 1. The second-order valence-electron chi connectivity index (χ2n) is 8.19. The summed E-state index contributed by atoms with van der Waals surface area (Å²) in [6.07, 6.45) is 1.56. The number of hydrogen-bond acceptors (Lipinski definition) is 9. The first-order chi connectivity index (χ1) is 17.1. The SMILES string of the molecule is CC(C(=O)O)N(C)c1ccc2sc(/C=C3\Sc4ccc(Cl)cc4N3CS(=O)(=O)O)[n+](CS(=O)(=O)O)c2c1. The van der Waals surface area contributed by atoms with E-state index in [1.165, 1.54) is 44.4 Å². The quantitative estimate of drug-likeness (QED) is 0.255. The molecule has 4 rings (SSSR count). The van der Waals surface area contributed by atoms with Crippen molar-refractivity contribution in [2.45, 2.75) is 23.7 Å². The van der Waals surface area contributed by atoms with Gasteiger partial charge >= 0.3 is 16.1 Å². The molecule has 0 saturated heterocycles. The van der Waals surface area contributed by atoms with Crippen molar-refractivity contribution in [3.63, 3.8) is 0 Å². The van der Waals surface area contributed by atoms with E-state index in [2.05, 4.69) is 0 Å². The first-order valence-electron chi connectivity index (χ1n) is 10.4. The van der Waals surface area contributed by atoms with Crippen LogP contribution in [0.15, 0.2) is 46.3 Å². The first-order valence-corrected chi connectivity index (χ1v) is 15.6. The lowest BCUT2D eigenvalue weighted by atomic mass is 10.2. The summed E-state index contributed by atoms with van der Waals surface area (Å²) in [7, 11) is -7.36. The Hall–Kier alpha value is -2.40. The number of halogens is 1. The normalized spacial score (nSPS) is 15.8. The van der Waals surface area contributed by atoms with Crippen molar-refractivity contribution in [2.75, 3.05) is 22.7 Å². The molecule has 0 amide bonds. The number of nitrogens with zero attached hydrogens (tertiary/aromatic N) is 3. The average Bonchev–Trinajstić information content (AvgIpc) is 3.27. The number of thiazole rings is 1. The van der Waals surface area contributed by atoms with Crippen LogP contribution in [0.5, 0.6) is 0 Å². The van der Waals surface area contributed by atoms with E-state index in [9.17, 15) is 35.8 Å². The number of anilines is 2. The van der Waals surface area contributed by atoms with Crippen LogP contribution >= 0.6 is 34.7 Å². The number of aromatic nitrogens is 1. The zero-order valence-corrected chi connectivity index (χ0v) is 23.3. The van der Waals surface area contributed by atoms with Gasteiger partial charge in [0.2, 0.25) is 5.52 Å². The van der Waals surface area contributed by atoms with Crippen molar-refractivity contribution in [3.05, 3.63) is 51.5 Å². The van der Waals surface area contributed by atoms with E-state index >= 15 is 0 Å². The fourth-order valence-electron chi connectivity index (χ4n) is 3.69.